The van der Waals surface area contributed by atoms with E-state index in [0.29, 0.717) is 6.04 Å². The van der Waals surface area contributed by atoms with E-state index in [4.69, 9.17) is 0 Å². The van der Waals surface area contributed by atoms with E-state index in [0.717, 1.165) is 18.5 Å². The molecule has 19 heavy (non-hydrogen) atoms. The molecule has 0 aromatic heterocycles. The SMILES string of the molecule is Cl.FC(F)(F)COc1ccc(C2CCCCN2)cc1. The highest BCUT2D eigenvalue weighted by Gasteiger charge is 2.28. The second-order valence-corrected chi connectivity index (χ2v) is 4.48. The van der Waals surface area contributed by atoms with Gasteiger partial charge in [-0.25, -0.2) is 0 Å². The summed E-state index contributed by atoms with van der Waals surface area (Å²) in [5.41, 5.74) is 1.11. The fourth-order valence-electron chi connectivity index (χ4n) is 2.10. The van der Waals surface area contributed by atoms with E-state index in [2.05, 4.69) is 10.1 Å². The molecule has 1 atom stereocenters. The van der Waals surface area contributed by atoms with Crippen LogP contribution in [-0.4, -0.2) is 19.3 Å². The summed E-state index contributed by atoms with van der Waals surface area (Å²) in [6, 6.07) is 7.16. The molecular weight excluding hydrogens is 279 g/mol. The van der Waals surface area contributed by atoms with Crippen LogP contribution in [0.4, 0.5) is 13.2 Å². The predicted octanol–water partition coefficient (Wildman–Crippen LogP) is 3.86. The number of hydrogen-bond acceptors (Lipinski definition) is 2. The molecule has 6 heteroatoms. The van der Waals surface area contributed by atoms with Crippen molar-refractivity contribution in [1.29, 1.82) is 0 Å². The van der Waals surface area contributed by atoms with Gasteiger partial charge in [-0.15, -0.1) is 12.4 Å². The van der Waals surface area contributed by atoms with Gasteiger partial charge in [-0.05, 0) is 37.1 Å². The molecule has 1 aliphatic heterocycles. The molecule has 1 unspecified atom stereocenters. The van der Waals surface area contributed by atoms with Gasteiger partial charge in [0.1, 0.15) is 5.75 Å². The molecule has 1 fully saturated rings. The zero-order chi connectivity index (χ0) is 13.0. The quantitative estimate of drug-likeness (QED) is 0.914. The number of hydrogen-bond donors (Lipinski definition) is 1. The summed E-state index contributed by atoms with van der Waals surface area (Å²) < 4.78 is 40.6. The van der Waals surface area contributed by atoms with Crippen LogP contribution < -0.4 is 10.1 Å². The number of piperidine rings is 1. The van der Waals surface area contributed by atoms with Crippen LogP contribution in [0, 0.1) is 0 Å². The van der Waals surface area contributed by atoms with E-state index in [1.54, 1.807) is 12.1 Å². The third-order valence-electron chi connectivity index (χ3n) is 3.00. The van der Waals surface area contributed by atoms with Crippen molar-refractivity contribution in [2.45, 2.75) is 31.5 Å². The minimum atomic E-state index is -4.29. The molecule has 0 aliphatic carbocycles. The van der Waals surface area contributed by atoms with E-state index in [1.165, 1.54) is 12.8 Å². The van der Waals surface area contributed by atoms with Crippen LogP contribution in [0.5, 0.6) is 5.75 Å². The lowest BCUT2D eigenvalue weighted by Crippen LogP contribution is -2.26. The smallest absolute Gasteiger partial charge is 0.422 e. The topological polar surface area (TPSA) is 21.3 Å². The highest BCUT2D eigenvalue weighted by atomic mass is 35.5. The van der Waals surface area contributed by atoms with Gasteiger partial charge < -0.3 is 10.1 Å². The van der Waals surface area contributed by atoms with Crippen molar-refractivity contribution in [3.05, 3.63) is 29.8 Å². The molecule has 0 bridgehead atoms. The molecule has 2 rings (SSSR count). The number of halogens is 4. The second-order valence-electron chi connectivity index (χ2n) is 4.48. The van der Waals surface area contributed by atoms with Crippen LogP contribution >= 0.6 is 12.4 Å². The molecule has 0 spiro atoms. The molecule has 0 amide bonds. The Morgan fingerprint density at radius 3 is 2.37 bits per heavy atom. The van der Waals surface area contributed by atoms with Crippen LogP contribution in [0.2, 0.25) is 0 Å². The molecule has 1 N–H and O–H groups in total. The number of rotatable bonds is 3. The monoisotopic (exact) mass is 295 g/mol. The molecular formula is C13H17ClF3NO. The zero-order valence-electron chi connectivity index (χ0n) is 10.4. The lowest BCUT2D eigenvalue weighted by molar-refractivity contribution is -0.153. The summed E-state index contributed by atoms with van der Waals surface area (Å²) in [5.74, 6) is 0.256. The van der Waals surface area contributed by atoms with Gasteiger partial charge >= 0.3 is 6.18 Å². The van der Waals surface area contributed by atoms with Crippen molar-refractivity contribution in [2.75, 3.05) is 13.2 Å². The lowest BCUT2D eigenvalue weighted by Gasteiger charge is -2.24. The van der Waals surface area contributed by atoms with Gasteiger partial charge in [0.15, 0.2) is 6.61 Å². The third kappa shape index (κ3) is 5.28. The van der Waals surface area contributed by atoms with Crippen LogP contribution in [-0.2, 0) is 0 Å². The minimum absolute atomic E-state index is 0. The summed E-state index contributed by atoms with van der Waals surface area (Å²) in [6.45, 7) is -0.245. The van der Waals surface area contributed by atoms with Gasteiger partial charge in [-0.2, -0.15) is 13.2 Å². The van der Waals surface area contributed by atoms with E-state index in [9.17, 15) is 13.2 Å². The number of ether oxygens (including phenoxy) is 1. The van der Waals surface area contributed by atoms with E-state index >= 15 is 0 Å². The maximum Gasteiger partial charge on any atom is 0.422 e. The van der Waals surface area contributed by atoms with E-state index in [-0.39, 0.29) is 18.2 Å². The van der Waals surface area contributed by atoms with Gasteiger partial charge in [0, 0.05) is 6.04 Å². The minimum Gasteiger partial charge on any atom is -0.484 e. The van der Waals surface area contributed by atoms with Crippen molar-refractivity contribution in [3.8, 4) is 5.75 Å². The lowest BCUT2D eigenvalue weighted by atomic mass is 9.98. The summed E-state index contributed by atoms with van der Waals surface area (Å²) >= 11 is 0. The Hall–Kier alpha value is -0.940. The average Bonchev–Trinajstić information content (AvgIpc) is 2.37. The Balaban J connectivity index is 0.00000180. The molecule has 1 aliphatic rings. The van der Waals surface area contributed by atoms with Gasteiger partial charge in [0.05, 0.1) is 0 Å². The molecule has 1 aromatic rings. The Bertz CT molecular complexity index is 374. The molecule has 108 valence electrons. The molecule has 1 saturated heterocycles. The molecule has 2 nitrogen and oxygen atoms in total. The summed E-state index contributed by atoms with van der Waals surface area (Å²) in [5, 5.41) is 3.39. The fourth-order valence-corrected chi connectivity index (χ4v) is 2.10. The van der Waals surface area contributed by atoms with Gasteiger partial charge in [-0.3, -0.25) is 0 Å². The van der Waals surface area contributed by atoms with Crippen molar-refractivity contribution in [1.82, 2.24) is 5.32 Å². The van der Waals surface area contributed by atoms with Crippen LogP contribution in [0.1, 0.15) is 30.9 Å². The molecule has 1 aromatic carbocycles. The Morgan fingerprint density at radius 1 is 1.16 bits per heavy atom. The number of benzene rings is 1. The molecule has 0 saturated carbocycles. The van der Waals surface area contributed by atoms with Crippen molar-refractivity contribution >= 4 is 12.4 Å². The van der Waals surface area contributed by atoms with Crippen LogP contribution in [0.15, 0.2) is 24.3 Å². The first-order valence-electron chi connectivity index (χ1n) is 6.07. The molecule has 0 radical (unpaired) electrons. The normalized spacial score (nSPS) is 19.6. The maximum absolute atomic E-state index is 12.0. The van der Waals surface area contributed by atoms with Crippen molar-refractivity contribution < 1.29 is 17.9 Å². The average molecular weight is 296 g/mol. The van der Waals surface area contributed by atoms with Gasteiger partial charge in [0.25, 0.3) is 0 Å². The maximum atomic E-state index is 12.0. The van der Waals surface area contributed by atoms with E-state index in [1.807, 2.05) is 12.1 Å². The second kappa shape index (κ2) is 7.01. The van der Waals surface area contributed by atoms with Gasteiger partial charge in [-0.1, -0.05) is 18.6 Å². The highest BCUT2D eigenvalue weighted by Crippen LogP contribution is 2.25. The van der Waals surface area contributed by atoms with Crippen molar-refractivity contribution in [2.24, 2.45) is 0 Å². The van der Waals surface area contributed by atoms with Crippen LogP contribution in [0.3, 0.4) is 0 Å². The summed E-state index contributed by atoms with van der Waals surface area (Å²) in [7, 11) is 0. The zero-order valence-corrected chi connectivity index (χ0v) is 11.2. The standard InChI is InChI=1S/C13H16F3NO.ClH/c14-13(15,16)9-18-11-6-4-10(5-7-11)12-3-1-2-8-17-12;/h4-7,12,17H,1-3,8-9H2;1H. The first kappa shape index (κ1) is 16.1. The Morgan fingerprint density at radius 2 is 1.84 bits per heavy atom. The highest BCUT2D eigenvalue weighted by molar-refractivity contribution is 5.85. The van der Waals surface area contributed by atoms with Crippen LogP contribution in [0.25, 0.3) is 0 Å². The Labute approximate surface area is 116 Å². The van der Waals surface area contributed by atoms with Crippen molar-refractivity contribution in [3.63, 3.8) is 0 Å². The predicted molar refractivity (Wildman–Crippen MR) is 69.8 cm³/mol. The number of nitrogens with one attached hydrogen (secondary N) is 1. The van der Waals surface area contributed by atoms with Gasteiger partial charge in [0.2, 0.25) is 0 Å². The summed E-state index contributed by atoms with van der Waals surface area (Å²) in [6.07, 6.45) is -0.848. The molecule has 1 heterocycles. The van der Waals surface area contributed by atoms with E-state index < -0.39 is 12.8 Å². The Kier molecular flexibility index (Phi) is 5.94. The number of alkyl halides is 3. The first-order chi connectivity index (χ1) is 8.54. The fraction of sp³-hybridized carbons (Fsp3) is 0.538. The largest absolute Gasteiger partial charge is 0.484 e. The third-order valence-corrected chi connectivity index (χ3v) is 3.00. The first-order valence-corrected chi connectivity index (χ1v) is 6.07. The summed E-state index contributed by atoms with van der Waals surface area (Å²) in [4.78, 5) is 0.